The van der Waals surface area contributed by atoms with Crippen LogP contribution < -0.4 is 4.72 Å². The number of likely N-dealkylation sites (tertiary alicyclic amines) is 1. The highest BCUT2D eigenvalue weighted by atomic mass is 32.2. The summed E-state index contributed by atoms with van der Waals surface area (Å²) in [4.78, 5) is 14.4. The van der Waals surface area contributed by atoms with Crippen LogP contribution in [0.2, 0.25) is 0 Å². The van der Waals surface area contributed by atoms with Crippen molar-refractivity contribution in [1.82, 2.24) is 9.62 Å². The van der Waals surface area contributed by atoms with Crippen molar-refractivity contribution in [3.63, 3.8) is 0 Å². The average Bonchev–Trinajstić information content (AvgIpc) is 2.81. The maximum absolute atomic E-state index is 14.1. The zero-order valence-corrected chi connectivity index (χ0v) is 19.6. The van der Waals surface area contributed by atoms with Crippen LogP contribution in [0, 0.1) is 11.7 Å². The van der Waals surface area contributed by atoms with Crippen molar-refractivity contribution in [3.05, 3.63) is 66.0 Å². The number of nitrogens with one attached hydrogen (secondary N) is 1. The fraction of sp³-hybridized carbons (Fsp3) is 0.435. The first-order chi connectivity index (χ1) is 15.3. The fourth-order valence-electron chi connectivity index (χ4n) is 3.96. The lowest BCUT2D eigenvalue weighted by molar-refractivity contribution is -0.135. The van der Waals surface area contributed by atoms with E-state index in [1.165, 1.54) is 30.0 Å². The number of sulfonamides is 1. The molecule has 2 atom stereocenters. The molecule has 0 spiro atoms. The minimum absolute atomic E-state index is 0.0289. The van der Waals surface area contributed by atoms with E-state index in [2.05, 4.69) is 4.72 Å². The maximum atomic E-state index is 14.1. The quantitative estimate of drug-likeness (QED) is 0.576. The molecule has 2 aromatic rings. The minimum atomic E-state index is -4.19. The lowest BCUT2D eigenvalue weighted by Gasteiger charge is -2.36. The van der Waals surface area contributed by atoms with E-state index >= 15 is 0 Å². The summed E-state index contributed by atoms with van der Waals surface area (Å²) in [6, 6.07) is 13.6. The third-order valence-electron chi connectivity index (χ3n) is 5.77. The number of thioether (sulfide) groups is 1. The molecule has 1 amide bonds. The largest absolute Gasteiger partial charge is 0.388 e. The molecule has 1 fully saturated rings. The molecule has 3 rings (SSSR count). The first-order valence-electron chi connectivity index (χ1n) is 10.6. The number of piperidine rings is 1. The molecule has 9 heteroatoms. The van der Waals surface area contributed by atoms with Gasteiger partial charge in [0.05, 0.1) is 6.10 Å². The zero-order chi connectivity index (χ0) is 23.1. The number of benzene rings is 2. The molecular weight excluding hydrogens is 451 g/mol. The van der Waals surface area contributed by atoms with E-state index in [-0.39, 0.29) is 11.8 Å². The number of halogens is 1. The van der Waals surface area contributed by atoms with Gasteiger partial charge < -0.3 is 10.0 Å². The third kappa shape index (κ3) is 6.10. The predicted molar refractivity (Wildman–Crippen MR) is 124 cm³/mol. The minimum Gasteiger partial charge on any atom is -0.388 e. The van der Waals surface area contributed by atoms with Gasteiger partial charge in [-0.2, -0.15) is 16.5 Å². The summed E-state index contributed by atoms with van der Waals surface area (Å²) in [6.45, 7) is 0.870. The van der Waals surface area contributed by atoms with Crippen LogP contribution in [-0.2, 0) is 14.8 Å². The normalized spacial score (nSPS) is 17.2. The Labute approximate surface area is 193 Å². The topological polar surface area (TPSA) is 86.7 Å². The van der Waals surface area contributed by atoms with Gasteiger partial charge in [0.1, 0.15) is 16.8 Å². The van der Waals surface area contributed by atoms with E-state index in [1.807, 2.05) is 36.6 Å². The zero-order valence-electron chi connectivity index (χ0n) is 18.0. The third-order valence-corrected chi connectivity index (χ3v) is 7.92. The standard InChI is InChI=1S/C23H29FN2O4S2/c1-31-16-13-20(25-32(29,30)21-10-6-5-9-19(21)24)23(28)26-14-11-18(12-15-26)22(27)17-7-3-2-4-8-17/h2-10,18,20,22,25,27H,11-16H2,1H3. The van der Waals surface area contributed by atoms with Crippen LogP contribution in [0.15, 0.2) is 59.5 Å². The number of aliphatic hydroxyl groups is 1. The van der Waals surface area contributed by atoms with Gasteiger partial charge in [-0.1, -0.05) is 42.5 Å². The number of rotatable bonds is 9. The lowest BCUT2D eigenvalue weighted by atomic mass is 9.87. The summed E-state index contributed by atoms with van der Waals surface area (Å²) < 4.78 is 42.0. The van der Waals surface area contributed by atoms with E-state index in [0.29, 0.717) is 38.1 Å². The van der Waals surface area contributed by atoms with Crippen LogP contribution in [0.5, 0.6) is 0 Å². The van der Waals surface area contributed by atoms with Crippen LogP contribution >= 0.6 is 11.8 Å². The Kier molecular flexibility index (Phi) is 8.70. The molecule has 1 aliphatic heterocycles. The van der Waals surface area contributed by atoms with E-state index in [9.17, 15) is 22.7 Å². The van der Waals surface area contributed by atoms with Crippen molar-refractivity contribution in [3.8, 4) is 0 Å². The van der Waals surface area contributed by atoms with E-state index in [0.717, 1.165) is 11.6 Å². The maximum Gasteiger partial charge on any atom is 0.244 e. The first kappa shape index (κ1) is 24.7. The van der Waals surface area contributed by atoms with Crippen molar-refractivity contribution in [2.75, 3.05) is 25.1 Å². The van der Waals surface area contributed by atoms with Crippen molar-refractivity contribution in [2.45, 2.75) is 36.3 Å². The molecule has 2 aromatic carbocycles. The molecule has 0 radical (unpaired) electrons. The molecule has 2 unspecified atom stereocenters. The smallest absolute Gasteiger partial charge is 0.244 e. The van der Waals surface area contributed by atoms with Gasteiger partial charge in [-0.15, -0.1) is 0 Å². The molecule has 0 aliphatic carbocycles. The number of nitrogens with zero attached hydrogens (tertiary/aromatic N) is 1. The van der Waals surface area contributed by atoms with Gasteiger partial charge in [0.25, 0.3) is 0 Å². The van der Waals surface area contributed by atoms with Crippen LogP contribution in [0.25, 0.3) is 0 Å². The number of amides is 1. The number of carbonyl (C=O) groups is 1. The van der Waals surface area contributed by atoms with Gasteiger partial charge in [-0.25, -0.2) is 12.8 Å². The van der Waals surface area contributed by atoms with Gasteiger partial charge >= 0.3 is 0 Å². The molecule has 174 valence electrons. The summed E-state index contributed by atoms with van der Waals surface area (Å²) >= 11 is 1.51. The Hall–Kier alpha value is -1.94. The fourth-order valence-corrected chi connectivity index (χ4v) is 5.73. The molecule has 6 nitrogen and oxygen atoms in total. The molecule has 1 aliphatic rings. The van der Waals surface area contributed by atoms with Gasteiger partial charge in [-0.05, 0) is 54.9 Å². The van der Waals surface area contributed by atoms with Crippen molar-refractivity contribution >= 4 is 27.7 Å². The van der Waals surface area contributed by atoms with Gasteiger partial charge in [0, 0.05) is 13.1 Å². The molecule has 32 heavy (non-hydrogen) atoms. The van der Waals surface area contributed by atoms with Crippen molar-refractivity contribution in [2.24, 2.45) is 5.92 Å². The van der Waals surface area contributed by atoms with Crippen LogP contribution in [0.3, 0.4) is 0 Å². The Morgan fingerprint density at radius 2 is 1.78 bits per heavy atom. The summed E-state index contributed by atoms with van der Waals surface area (Å²) in [5, 5.41) is 10.7. The number of hydrogen-bond donors (Lipinski definition) is 2. The molecule has 0 bridgehead atoms. The predicted octanol–water partition coefficient (Wildman–Crippen LogP) is 3.20. The Morgan fingerprint density at radius 1 is 1.16 bits per heavy atom. The number of aliphatic hydroxyl groups excluding tert-OH is 1. The highest BCUT2D eigenvalue weighted by Gasteiger charge is 2.33. The second-order valence-electron chi connectivity index (χ2n) is 7.90. The molecule has 1 heterocycles. The van der Waals surface area contributed by atoms with Gasteiger partial charge in [0.15, 0.2) is 0 Å². The molecular formula is C23H29FN2O4S2. The highest BCUT2D eigenvalue weighted by molar-refractivity contribution is 7.98. The number of carbonyl (C=O) groups excluding carboxylic acids is 1. The number of hydrogen-bond acceptors (Lipinski definition) is 5. The summed E-state index contributed by atoms with van der Waals surface area (Å²) in [5.74, 6) is -0.557. The van der Waals surface area contributed by atoms with Gasteiger partial charge in [-0.3, -0.25) is 4.79 Å². The Bertz CT molecular complexity index is 996. The van der Waals surface area contributed by atoms with E-state index < -0.39 is 32.9 Å². The van der Waals surface area contributed by atoms with Gasteiger partial charge in [0.2, 0.25) is 15.9 Å². The highest BCUT2D eigenvalue weighted by Crippen LogP contribution is 2.31. The summed E-state index contributed by atoms with van der Waals surface area (Å²) in [6.07, 6.45) is 2.83. The van der Waals surface area contributed by atoms with E-state index in [1.54, 1.807) is 4.90 Å². The Morgan fingerprint density at radius 3 is 2.41 bits per heavy atom. The van der Waals surface area contributed by atoms with Crippen LogP contribution in [-0.4, -0.2) is 55.5 Å². The molecule has 2 N–H and O–H groups in total. The second kappa shape index (κ2) is 11.3. The monoisotopic (exact) mass is 480 g/mol. The first-order valence-corrected chi connectivity index (χ1v) is 13.5. The summed E-state index contributed by atoms with van der Waals surface area (Å²) in [5.41, 5.74) is 0.854. The van der Waals surface area contributed by atoms with E-state index in [4.69, 9.17) is 0 Å². The Balaban J connectivity index is 1.67. The van der Waals surface area contributed by atoms with Crippen LogP contribution in [0.4, 0.5) is 4.39 Å². The summed E-state index contributed by atoms with van der Waals surface area (Å²) in [7, 11) is -4.19. The molecule has 0 saturated carbocycles. The molecule has 1 saturated heterocycles. The molecule has 0 aromatic heterocycles. The van der Waals surface area contributed by atoms with Crippen molar-refractivity contribution < 1.29 is 22.7 Å². The van der Waals surface area contributed by atoms with Crippen molar-refractivity contribution in [1.29, 1.82) is 0 Å². The average molecular weight is 481 g/mol. The SMILES string of the molecule is CSCCC(NS(=O)(=O)c1ccccc1F)C(=O)N1CCC(C(O)c2ccccc2)CC1. The lowest BCUT2D eigenvalue weighted by Crippen LogP contribution is -2.51. The second-order valence-corrected chi connectivity index (χ2v) is 10.6. The van der Waals surface area contributed by atoms with Crippen LogP contribution in [0.1, 0.15) is 30.9 Å².